The largest absolute Gasteiger partial charge is 0.121 e. The fourth-order valence-electron chi connectivity index (χ4n) is 0.842. The van der Waals surface area contributed by atoms with Crippen molar-refractivity contribution in [1.82, 2.24) is 0 Å². The van der Waals surface area contributed by atoms with Gasteiger partial charge in [-0.05, 0) is 40.5 Å². The van der Waals surface area contributed by atoms with Crippen molar-refractivity contribution in [3.05, 3.63) is 11.6 Å². The first-order valence-electron chi connectivity index (χ1n) is 4.32. The van der Waals surface area contributed by atoms with E-state index in [0.29, 0.717) is 0 Å². The van der Waals surface area contributed by atoms with Crippen LogP contribution < -0.4 is 0 Å². The van der Waals surface area contributed by atoms with Crippen LogP contribution in [0.4, 0.5) is 0 Å². The number of hydrogen-bond donors (Lipinski definition) is 0. The fraction of sp³-hybridized carbons (Fsp3) is 0.800. The van der Waals surface area contributed by atoms with E-state index in [2.05, 4.69) is 13.0 Å². The molecule has 0 aliphatic carbocycles. The fourth-order valence-corrected chi connectivity index (χ4v) is 1.06. The molecule has 12 heavy (non-hydrogen) atoms. The zero-order chi connectivity index (χ0) is 9.78. The molecule has 0 aromatic rings. The molecule has 2 heteroatoms. The lowest BCUT2D eigenvalue weighted by Gasteiger charge is -2.22. The van der Waals surface area contributed by atoms with Crippen molar-refractivity contribution in [3.63, 3.8) is 0 Å². The minimum atomic E-state index is -0.296. The van der Waals surface area contributed by atoms with Gasteiger partial charge in [-0.1, -0.05) is 11.6 Å². The molecule has 0 saturated carbocycles. The van der Waals surface area contributed by atoms with Crippen LogP contribution in [0.5, 0.6) is 0 Å². The highest BCUT2D eigenvalue weighted by Gasteiger charge is 2.24. The van der Waals surface area contributed by atoms with Crippen LogP contribution in [0.15, 0.2) is 11.6 Å². The SMILES string of the molecule is C/C=C(\C)CCC(Cl)C(C)(C)Cl. The number of hydrogen-bond acceptors (Lipinski definition) is 0. The highest BCUT2D eigenvalue weighted by molar-refractivity contribution is 6.32. The van der Waals surface area contributed by atoms with Crippen LogP contribution in [-0.4, -0.2) is 10.3 Å². The van der Waals surface area contributed by atoms with Crippen molar-refractivity contribution in [2.45, 2.75) is 50.8 Å². The Morgan fingerprint density at radius 1 is 1.50 bits per heavy atom. The molecule has 0 aromatic heterocycles. The molecule has 0 aliphatic rings. The summed E-state index contributed by atoms with van der Waals surface area (Å²) in [5, 5.41) is 0.0501. The van der Waals surface area contributed by atoms with Gasteiger partial charge < -0.3 is 0 Å². The van der Waals surface area contributed by atoms with Gasteiger partial charge in [-0.2, -0.15) is 0 Å². The van der Waals surface area contributed by atoms with E-state index in [-0.39, 0.29) is 10.3 Å². The molecule has 0 aliphatic heterocycles. The Morgan fingerprint density at radius 3 is 2.33 bits per heavy atom. The van der Waals surface area contributed by atoms with E-state index in [1.807, 2.05) is 20.8 Å². The van der Waals surface area contributed by atoms with E-state index in [9.17, 15) is 0 Å². The standard InChI is InChI=1S/C10H18Cl2/c1-5-8(2)6-7-9(11)10(3,4)12/h5,9H,6-7H2,1-4H3/b8-5+. The van der Waals surface area contributed by atoms with Crippen LogP contribution in [0.2, 0.25) is 0 Å². The molecule has 0 radical (unpaired) electrons. The first-order chi connectivity index (χ1) is 5.38. The first-order valence-corrected chi connectivity index (χ1v) is 5.14. The highest BCUT2D eigenvalue weighted by atomic mass is 35.5. The molecule has 0 saturated heterocycles. The summed E-state index contributed by atoms with van der Waals surface area (Å²) in [6.07, 6.45) is 4.11. The number of rotatable bonds is 4. The molecule has 0 amide bonds. The van der Waals surface area contributed by atoms with E-state index in [4.69, 9.17) is 23.2 Å². The lowest BCUT2D eigenvalue weighted by atomic mass is 10.0. The average Bonchev–Trinajstić information content (AvgIpc) is 1.97. The maximum atomic E-state index is 6.10. The summed E-state index contributed by atoms with van der Waals surface area (Å²) in [7, 11) is 0. The number of allylic oxidation sites excluding steroid dienone is 2. The quantitative estimate of drug-likeness (QED) is 0.476. The van der Waals surface area contributed by atoms with Gasteiger partial charge in [0.25, 0.3) is 0 Å². The molecule has 1 atom stereocenters. The Balaban J connectivity index is 3.80. The predicted molar refractivity (Wildman–Crippen MR) is 58.2 cm³/mol. The molecule has 0 nitrogen and oxygen atoms in total. The Hall–Kier alpha value is 0.320. The summed E-state index contributed by atoms with van der Waals surface area (Å²) in [6.45, 7) is 8.07. The topological polar surface area (TPSA) is 0 Å². The second-order valence-electron chi connectivity index (χ2n) is 3.71. The Morgan fingerprint density at radius 2 is 2.00 bits per heavy atom. The van der Waals surface area contributed by atoms with Crippen molar-refractivity contribution >= 4 is 23.2 Å². The van der Waals surface area contributed by atoms with Gasteiger partial charge in [-0.25, -0.2) is 0 Å². The van der Waals surface area contributed by atoms with E-state index in [0.717, 1.165) is 12.8 Å². The maximum Gasteiger partial charge on any atom is 0.0553 e. The van der Waals surface area contributed by atoms with Gasteiger partial charge in [0.05, 0.1) is 10.3 Å². The number of alkyl halides is 2. The van der Waals surface area contributed by atoms with E-state index < -0.39 is 0 Å². The second-order valence-corrected chi connectivity index (χ2v) is 5.21. The second kappa shape index (κ2) is 5.14. The monoisotopic (exact) mass is 208 g/mol. The third kappa shape index (κ3) is 5.05. The van der Waals surface area contributed by atoms with Gasteiger partial charge >= 0.3 is 0 Å². The average molecular weight is 209 g/mol. The lowest BCUT2D eigenvalue weighted by Crippen LogP contribution is -2.25. The van der Waals surface area contributed by atoms with Gasteiger partial charge in [0.1, 0.15) is 0 Å². The van der Waals surface area contributed by atoms with Crippen LogP contribution in [0, 0.1) is 0 Å². The zero-order valence-corrected chi connectivity index (χ0v) is 9.84. The minimum Gasteiger partial charge on any atom is -0.121 e. The maximum absolute atomic E-state index is 6.10. The first kappa shape index (κ1) is 12.3. The van der Waals surface area contributed by atoms with Crippen LogP contribution in [0.1, 0.15) is 40.5 Å². The smallest absolute Gasteiger partial charge is 0.0553 e. The van der Waals surface area contributed by atoms with Crippen molar-refractivity contribution in [1.29, 1.82) is 0 Å². The van der Waals surface area contributed by atoms with Gasteiger partial charge in [-0.3, -0.25) is 0 Å². The Kier molecular flexibility index (Phi) is 5.27. The minimum absolute atomic E-state index is 0.0501. The van der Waals surface area contributed by atoms with Crippen LogP contribution in [0.3, 0.4) is 0 Å². The van der Waals surface area contributed by atoms with Crippen LogP contribution in [-0.2, 0) is 0 Å². The molecular formula is C10H18Cl2. The molecule has 0 bridgehead atoms. The molecule has 0 spiro atoms. The summed E-state index contributed by atoms with van der Waals surface area (Å²) in [5.74, 6) is 0. The van der Waals surface area contributed by atoms with Gasteiger partial charge in [0, 0.05) is 0 Å². The zero-order valence-electron chi connectivity index (χ0n) is 8.32. The predicted octanol–water partition coefficient (Wildman–Crippen LogP) is 4.36. The molecule has 1 unspecified atom stereocenters. The molecule has 0 rings (SSSR count). The summed E-state index contributed by atoms with van der Waals surface area (Å²) >= 11 is 12.2. The third-order valence-electron chi connectivity index (χ3n) is 2.03. The number of halogens is 2. The summed E-state index contributed by atoms with van der Waals surface area (Å²) in [4.78, 5) is -0.296. The molecule has 0 heterocycles. The third-order valence-corrected chi connectivity index (χ3v) is 3.17. The van der Waals surface area contributed by atoms with E-state index >= 15 is 0 Å². The lowest BCUT2D eigenvalue weighted by molar-refractivity contribution is 0.599. The van der Waals surface area contributed by atoms with Gasteiger partial charge in [0.2, 0.25) is 0 Å². The van der Waals surface area contributed by atoms with Crippen molar-refractivity contribution in [3.8, 4) is 0 Å². The summed E-state index contributed by atoms with van der Waals surface area (Å²) in [5.41, 5.74) is 1.38. The highest BCUT2D eigenvalue weighted by Crippen LogP contribution is 2.27. The summed E-state index contributed by atoms with van der Waals surface area (Å²) < 4.78 is 0. The summed E-state index contributed by atoms with van der Waals surface area (Å²) in [6, 6.07) is 0. The van der Waals surface area contributed by atoms with Crippen LogP contribution in [0.25, 0.3) is 0 Å². The molecule has 0 N–H and O–H groups in total. The van der Waals surface area contributed by atoms with Crippen molar-refractivity contribution in [2.75, 3.05) is 0 Å². The van der Waals surface area contributed by atoms with Crippen LogP contribution >= 0.6 is 23.2 Å². The Labute approximate surface area is 85.9 Å². The van der Waals surface area contributed by atoms with Crippen molar-refractivity contribution in [2.24, 2.45) is 0 Å². The molecule has 0 aromatic carbocycles. The molecule has 72 valence electrons. The van der Waals surface area contributed by atoms with Gasteiger partial charge in [-0.15, -0.1) is 23.2 Å². The Bertz CT molecular complexity index is 154. The molecule has 0 fully saturated rings. The molecular weight excluding hydrogens is 191 g/mol. The normalized spacial score (nSPS) is 16.3. The van der Waals surface area contributed by atoms with E-state index in [1.165, 1.54) is 5.57 Å². The van der Waals surface area contributed by atoms with Gasteiger partial charge in [0.15, 0.2) is 0 Å². The van der Waals surface area contributed by atoms with Crippen molar-refractivity contribution < 1.29 is 0 Å². The van der Waals surface area contributed by atoms with E-state index in [1.54, 1.807) is 0 Å².